The number of carbonyl (C=O) groups excluding carboxylic acids is 1. The van der Waals surface area contributed by atoms with Crippen molar-refractivity contribution in [3.8, 4) is 0 Å². The molecule has 0 spiro atoms. The van der Waals surface area contributed by atoms with E-state index in [9.17, 15) is 4.79 Å². The first-order valence-corrected chi connectivity index (χ1v) is 10.7. The zero-order valence-electron chi connectivity index (χ0n) is 16.8. The van der Waals surface area contributed by atoms with E-state index in [0.717, 1.165) is 13.0 Å². The molecule has 1 N–H and O–H groups in total. The summed E-state index contributed by atoms with van der Waals surface area (Å²) in [6, 6.07) is 21.9. The maximum absolute atomic E-state index is 12.1. The zero-order chi connectivity index (χ0) is 19.4. The minimum Gasteiger partial charge on any atom is -0.465 e. The molecule has 1 aliphatic heterocycles. The van der Waals surface area contributed by atoms with Crippen molar-refractivity contribution in [2.24, 2.45) is 11.8 Å². The van der Waals surface area contributed by atoms with Gasteiger partial charge in [0.15, 0.2) is 0 Å². The van der Waals surface area contributed by atoms with E-state index >= 15 is 0 Å². The third-order valence-electron chi connectivity index (χ3n) is 6.94. The van der Waals surface area contributed by atoms with Crippen molar-refractivity contribution >= 4 is 5.97 Å². The van der Waals surface area contributed by atoms with E-state index in [1.54, 1.807) is 0 Å². The summed E-state index contributed by atoms with van der Waals surface area (Å²) in [6.07, 6.45) is 5.70. The lowest BCUT2D eigenvalue weighted by Crippen LogP contribution is -2.35. The van der Waals surface area contributed by atoms with Crippen molar-refractivity contribution in [2.45, 2.75) is 50.5 Å². The summed E-state index contributed by atoms with van der Waals surface area (Å²) in [4.78, 5) is 12.1. The van der Waals surface area contributed by atoms with Gasteiger partial charge in [-0.2, -0.15) is 0 Å². The number of benzene rings is 2. The Labute approximate surface area is 168 Å². The fraction of sp³-hybridized carbons (Fsp3) is 0.480. The Balaban J connectivity index is 1.48. The summed E-state index contributed by atoms with van der Waals surface area (Å²) in [5.41, 5.74) is 2.99. The molecule has 1 heterocycles. The van der Waals surface area contributed by atoms with Gasteiger partial charge in [-0.25, -0.2) is 0 Å². The second-order valence-corrected chi connectivity index (χ2v) is 8.36. The summed E-state index contributed by atoms with van der Waals surface area (Å²) in [7, 11) is 0. The molecule has 1 saturated heterocycles. The van der Waals surface area contributed by atoms with Crippen LogP contribution in [-0.2, 0) is 14.9 Å². The normalized spacial score (nSPS) is 24.8. The molecular weight excluding hydrogens is 346 g/mol. The molecule has 2 aromatic rings. The van der Waals surface area contributed by atoms with E-state index in [0.29, 0.717) is 18.4 Å². The van der Waals surface area contributed by atoms with Gasteiger partial charge in [-0.15, -0.1) is 0 Å². The fourth-order valence-electron chi connectivity index (χ4n) is 5.41. The Kier molecular flexibility index (Phi) is 5.82. The number of nitrogens with one attached hydrogen (secondary N) is 1. The number of ether oxygens (including phenoxy) is 1. The Hall–Kier alpha value is -2.13. The Morgan fingerprint density at radius 1 is 0.964 bits per heavy atom. The van der Waals surface area contributed by atoms with Gasteiger partial charge in [-0.1, -0.05) is 60.7 Å². The van der Waals surface area contributed by atoms with Crippen LogP contribution in [0.5, 0.6) is 0 Å². The van der Waals surface area contributed by atoms with Gasteiger partial charge >= 0.3 is 5.97 Å². The first-order valence-electron chi connectivity index (χ1n) is 10.7. The fourth-order valence-corrected chi connectivity index (χ4v) is 5.41. The monoisotopic (exact) mass is 377 g/mol. The van der Waals surface area contributed by atoms with Crippen LogP contribution in [0.3, 0.4) is 0 Å². The molecule has 2 aliphatic rings. The van der Waals surface area contributed by atoms with Crippen molar-refractivity contribution in [1.29, 1.82) is 0 Å². The van der Waals surface area contributed by atoms with Gasteiger partial charge in [0.25, 0.3) is 0 Å². The SMILES string of the molecule is CCOC(=O)[C@@H]1C[C@H](C2CCC(c3ccccc3)(c3ccccc3)CC2)CN1. The lowest BCUT2D eigenvalue weighted by Gasteiger charge is -2.43. The van der Waals surface area contributed by atoms with Gasteiger partial charge in [0, 0.05) is 5.41 Å². The molecule has 148 valence electrons. The standard InChI is InChI=1S/C25H31NO2/c1-2-28-24(27)23-17-20(18-26-23)19-13-15-25(16-14-19,21-9-5-3-6-10-21)22-11-7-4-8-12-22/h3-12,19-20,23,26H,2,13-18H2,1H3/t20-,23-/m0/s1. The third kappa shape index (κ3) is 3.73. The van der Waals surface area contributed by atoms with Gasteiger partial charge in [0.1, 0.15) is 6.04 Å². The molecule has 2 aromatic carbocycles. The summed E-state index contributed by atoms with van der Waals surface area (Å²) >= 11 is 0. The number of esters is 1. The molecule has 2 atom stereocenters. The van der Waals surface area contributed by atoms with E-state index in [1.165, 1.54) is 36.8 Å². The van der Waals surface area contributed by atoms with Crippen LogP contribution in [0.2, 0.25) is 0 Å². The number of hydrogen-bond donors (Lipinski definition) is 1. The van der Waals surface area contributed by atoms with Crippen molar-refractivity contribution in [3.63, 3.8) is 0 Å². The molecule has 1 saturated carbocycles. The van der Waals surface area contributed by atoms with E-state index < -0.39 is 0 Å². The molecule has 1 aliphatic carbocycles. The van der Waals surface area contributed by atoms with Crippen molar-refractivity contribution in [1.82, 2.24) is 5.32 Å². The summed E-state index contributed by atoms with van der Waals surface area (Å²) in [6.45, 7) is 3.28. The highest BCUT2D eigenvalue weighted by molar-refractivity contribution is 5.76. The number of rotatable bonds is 5. The molecule has 0 bridgehead atoms. The van der Waals surface area contributed by atoms with E-state index in [4.69, 9.17) is 4.74 Å². The van der Waals surface area contributed by atoms with E-state index in [1.807, 2.05) is 6.92 Å². The quantitative estimate of drug-likeness (QED) is 0.767. The Bertz CT molecular complexity index is 724. The van der Waals surface area contributed by atoms with Gasteiger partial charge in [-0.05, 0) is 68.5 Å². The van der Waals surface area contributed by atoms with E-state index in [-0.39, 0.29) is 17.4 Å². The molecule has 2 fully saturated rings. The zero-order valence-corrected chi connectivity index (χ0v) is 16.8. The maximum atomic E-state index is 12.1. The molecule has 0 radical (unpaired) electrons. The molecule has 28 heavy (non-hydrogen) atoms. The van der Waals surface area contributed by atoms with Crippen LogP contribution in [0, 0.1) is 11.8 Å². The third-order valence-corrected chi connectivity index (χ3v) is 6.94. The predicted octanol–water partition coefficient (Wildman–Crippen LogP) is 4.70. The highest BCUT2D eigenvalue weighted by Gasteiger charge is 2.42. The number of hydrogen-bond acceptors (Lipinski definition) is 3. The molecule has 3 nitrogen and oxygen atoms in total. The minimum absolute atomic E-state index is 0.0799. The molecule has 0 unspecified atom stereocenters. The minimum atomic E-state index is -0.111. The maximum Gasteiger partial charge on any atom is 0.323 e. The van der Waals surface area contributed by atoms with Crippen LogP contribution in [0.25, 0.3) is 0 Å². The molecule has 0 aromatic heterocycles. The van der Waals surface area contributed by atoms with Crippen LogP contribution < -0.4 is 5.32 Å². The Morgan fingerprint density at radius 3 is 2.07 bits per heavy atom. The second-order valence-electron chi connectivity index (χ2n) is 8.36. The summed E-state index contributed by atoms with van der Waals surface area (Å²) in [5.74, 6) is 1.19. The van der Waals surface area contributed by atoms with Crippen LogP contribution >= 0.6 is 0 Å². The molecule has 3 heteroatoms. The van der Waals surface area contributed by atoms with Crippen molar-refractivity contribution in [3.05, 3.63) is 71.8 Å². The van der Waals surface area contributed by atoms with Gasteiger partial charge in [0.05, 0.1) is 6.61 Å². The smallest absolute Gasteiger partial charge is 0.323 e. The average Bonchev–Trinajstić information content (AvgIpc) is 3.26. The predicted molar refractivity (Wildman–Crippen MR) is 112 cm³/mol. The lowest BCUT2D eigenvalue weighted by atomic mass is 9.61. The highest BCUT2D eigenvalue weighted by atomic mass is 16.5. The summed E-state index contributed by atoms with van der Waals surface area (Å²) < 4.78 is 5.21. The van der Waals surface area contributed by atoms with Gasteiger partial charge in [-0.3, -0.25) is 4.79 Å². The molecular formula is C25H31NO2. The second kappa shape index (κ2) is 8.48. The highest BCUT2D eigenvalue weighted by Crippen LogP contribution is 2.48. The van der Waals surface area contributed by atoms with Crippen LogP contribution in [0.1, 0.15) is 50.2 Å². The van der Waals surface area contributed by atoms with E-state index in [2.05, 4.69) is 66.0 Å². The lowest BCUT2D eigenvalue weighted by molar-refractivity contribution is -0.145. The molecule has 4 rings (SSSR count). The number of carbonyl (C=O) groups is 1. The summed E-state index contributed by atoms with van der Waals surface area (Å²) in [5, 5.41) is 3.40. The van der Waals surface area contributed by atoms with Gasteiger partial charge in [0.2, 0.25) is 0 Å². The molecule has 0 amide bonds. The van der Waals surface area contributed by atoms with Crippen LogP contribution in [0.4, 0.5) is 0 Å². The van der Waals surface area contributed by atoms with Crippen LogP contribution in [-0.4, -0.2) is 25.2 Å². The average molecular weight is 378 g/mol. The first-order chi connectivity index (χ1) is 13.7. The van der Waals surface area contributed by atoms with Gasteiger partial charge < -0.3 is 10.1 Å². The van der Waals surface area contributed by atoms with Crippen molar-refractivity contribution < 1.29 is 9.53 Å². The largest absolute Gasteiger partial charge is 0.465 e. The van der Waals surface area contributed by atoms with Crippen LogP contribution in [0.15, 0.2) is 60.7 Å². The first kappa shape index (κ1) is 19.2. The van der Waals surface area contributed by atoms with Crippen molar-refractivity contribution in [2.75, 3.05) is 13.2 Å². The Morgan fingerprint density at radius 2 is 1.54 bits per heavy atom. The topological polar surface area (TPSA) is 38.3 Å².